The molecule has 0 bridgehead atoms. The molecule has 3 rings (SSSR count). The summed E-state index contributed by atoms with van der Waals surface area (Å²) < 4.78 is 41.4. The Bertz CT molecular complexity index is 849. The lowest BCUT2D eigenvalue weighted by atomic mass is 10.1. The lowest BCUT2D eigenvalue weighted by molar-refractivity contribution is 0.0694. The van der Waals surface area contributed by atoms with Crippen molar-refractivity contribution in [2.45, 2.75) is 18.6 Å². The number of nitrogens with zero attached hydrogens (tertiary/aromatic N) is 1. The Morgan fingerprint density at radius 1 is 1.43 bits per heavy atom. The molecule has 1 N–H and O–H groups in total. The van der Waals surface area contributed by atoms with E-state index in [1.165, 1.54) is 0 Å². The normalized spacial score (nSPS) is 20.8. The van der Waals surface area contributed by atoms with E-state index < -0.39 is 51.2 Å². The zero-order valence-electron chi connectivity index (χ0n) is 10.2. The highest BCUT2D eigenvalue weighted by molar-refractivity contribution is 6.35. The third-order valence-electron chi connectivity index (χ3n) is 3.42. The maximum absolute atomic E-state index is 13.6. The van der Waals surface area contributed by atoms with Crippen LogP contribution in [-0.2, 0) is 0 Å². The van der Waals surface area contributed by atoms with Crippen LogP contribution in [0, 0.1) is 11.6 Å². The number of carboxylic acids is 1. The highest BCUT2D eigenvalue weighted by Gasteiger charge is 2.40. The lowest BCUT2D eigenvalue weighted by Crippen LogP contribution is -2.19. The smallest absolute Gasteiger partial charge is 0.341 e. The number of aromatic carboxylic acids is 1. The summed E-state index contributed by atoms with van der Waals surface area (Å²) in [5.74, 6) is -4.27. The molecular weight excluding hydrogens is 311 g/mol. The van der Waals surface area contributed by atoms with Gasteiger partial charge in [0.15, 0.2) is 11.6 Å². The first-order chi connectivity index (χ1) is 9.82. The van der Waals surface area contributed by atoms with Crippen LogP contribution in [0.15, 0.2) is 17.1 Å². The van der Waals surface area contributed by atoms with Crippen molar-refractivity contribution in [3.63, 3.8) is 0 Å². The Balaban J connectivity index is 2.49. The summed E-state index contributed by atoms with van der Waals surface area (Å²) >= 11 is 5.72. The standard InChI is InChI=1S/C13H7ClF3NO3/c14-9-10(17)7(16)1-4-11(9)18(8-2-6(8)15)3-5(12(4)19)13(20)21/h1,3,6,8H,2H2,(H,20,21)/t6-,8+/m0/s1. The SMILES string of the molecule is O=C(O)c1cn([C@@H]2C[C@@H]2F)c2c(Cl)c(F)c(F)cc2c1=O. The molecule has 0 saturated heterocycles. The number of rotatable bonds is 2. The van der Waals surface area contributed by atoms with Crippen LogP contribution in [0.4, 0.5) is 13.2 Å². The number of carboxylic acid groups (broad SMARTS) is 1. The van der Waals surface area contributed by atoms with Gasteiger partial charge >= 0.3 is 5.97 Å². The first kappa shape index (κ1) is 13.9. The van der Waals surface area contributed by atoms with E-state index >= 15 is 0 Å². The quantitative estimate of drug-likeness (QED) is 0.866. The van der Waals surface area contributed by atoms with Gasteiger partial charge in [0.05, 0.1) is 16.9 Å². The minimum absolute atomic E-state index is 0.0896. The molecule has 0 aliphatic heterocycles. The van der Waals surface area contributed by atoms with E-state index in [9.17, 15) is 22.8 Å². The maximum Gasteiger partial charge on any atom is 0.341 e. The van der Waals surface area contributed by atoms with Crippen LogP contribution in [0.3, 0.4) is 0 Å². The van der Waals surface area contributed by atoms with Crippen molar-refractivity contribution in [3.8, 4) is 0 Å². The first-order valence-corrected chi connectivity index (χ1v) is 6.30. The van der Waals surface area contributed by atoms with Crippen LogP contribution in [-0.4, -0.2) is 21.8 Å². The van der Waals surface area contributed by atoms with Gasteiger partial charge < -0.3 is 9.67 Å². The van der Waals surface area contributed by atoms with Crippen molar-refractivity contribution in [3.05, 3.63) is 44.7 Å². The van der Waals surface area contributed by atoms with Crippen molar-refractivity contribution in [1.29, 1.82) is 0 Å². The Hall–Kier alpha value is -2.02. The largest absolute Gasteiger partial charge is 0.477 e. The minimum atomic E-state index is -1.53. The van der Waals surface area contributed by atoms with Crippen LogP contribution in [0.1, 0.15) is 22.8 Å². The molecule has 1 aliphatic rings. The molecule has 0 spiro atoms. The summed E-state index contributed by atoms with van der Waals surface area (Å²) in [6.07, 6.45) is -0.242. The van der Waals surface area contributed by atoms with Gasteiger partial charge in [0.25, 0.3) is 0 Å². The Kier molecular flexibility index (Phi) is 2.98. The third kappa shape index (κ3) is 1.99. The molecule has 1 aromatic heterocycles. The number of carbonyl (C=O) groups is 1. The van der Waals surface area contributed by atoms with Crippen LogP contribution >= 0.6 is 11.6 Å². The summed E-state index contributed by atoms with van der Waals surface area (Å²) in [6.45, 7) is 0. The van der Waals surface area contributed by atoms with Gasteiger partial charge in [-0.25, -0.2) is 18.0 Å². The van der Waals surface area contributed by atoms with Gasteiger partial charge in [-0.1, -0.05) is 11.6 Å². The predicted octanol–water partition coefficient (Wildman–Crippen LogP) is 2.91. The van der Waals surface area contributed by atoms with Crippen LogP contribution in [0.2, 0.25) is 5.02 Å². The summed E-state index contributed by atoms with van der Waals surface area (Å²) in [5.41, 5.74) is -1.84. The second-order valence-electron chi connectivity index (χ2n) is 4.79. The molecule has 2 atom stereocenters. The van der Waals surface area contributed by atoms with E-state index in [1.54, 1.807) is 0 Å². The van der Waals surface area contributed by atoms with Gasteiger partial charge in [0.1, 0.15) is 16.8 Å². The lowest BCUT2D eigenvalue weighted by Gasteiger charge is -2.13. The average molecular weight is 318 g/mol. The molecule has 1 fully saturated rings. The maximum atomic E-state index is 13.6. The molecule has 8 heteroatoms. The van der Waals surface area contributed by atoms with Gasteiger partial charge in [-0.3, -0.25) is 4.79 Å². The molecule has 0 amide bonds. The van der Waals surface area contributed by atoms with Gasteiger partial charge in [-0.05, 0) is 6.07 Å². The minimum Gasteiger partial charge on any atom is -0.477 e. The van der Waals surface area contributed by atoms with E-state index in [0.717, 1.165) is 10.8 Å². The van der Waals surface area contributed by atoms with Crippen LogP contribution in [0.25, 0.3) is 10.9 Å². The van der Waals surface area contributed by atoms with Crippen molar-refractivity contribution in [1.82, 2.24) is 4.57 Å². The number of alkyl halides is 1. The van der Waals surface area contributed by atoms with Crippen molar-refractivity contribution < 1.29 is 23.1 Å². The molecule has 1 aromatic carbocycles. The molecule has 1 heterocycles. The average Bonchev–Trinajstić information content (AvgIpc) is 3.14. The van der Waals surface area contributed by atoms with Crippen molar-refractivity contribution >= 4 is 28.5 Å². The number of pyridine rings is 1. The molecule has 2 aromatic rings. The monoisotopic (exact) mass is 317 g/mol. The van der Waals surface area contributed by atoms with Gasteiger partial charge in [-0.15, -0.1) is 0 Å². The summed E-state index contributed by atoms with van der Waals surface area (Å²) in [5, 5.41) is 7.94. The molecule has 1 saturated carbocycles. The van der Waals surface area contributed by atoms with E-state index in [0.29, 0.717) is 6.07 Å². The van der Waals surface area contributed by atoms with Crippen molar-refractivity contribution in [2.75, 3.05) is 0 Å². The second kappa shape index (κ2) is 4.49. The number of hydrogen-bond acceptors (Lipinski definition) is 2. The molecular formula is C13H7ClF3NO3. The molecule has 110 valence electrons. The second-order valence-corrected chi connectivity index (χ2v) is 5.16. The fraction of sp³-hybridized carbons (Fsp3) is 0.231. The molecule has 1 aliphatic carbocycles. The topological polar surface area (TPSA) is 59.3 Å². The Labute approximate surface area is 120 Å². The fourth-order valence-electron chi connectivity index (χ4n) is 2.27. The predicted molar refractivity (Wildman–Crippen MR) is 68.6 cm³/mol. The van der Waals surface area contributed by atoms with Crippen LogP contribution in [0.5, 0.6) is 0 Å². The van der Waals surface area contributed by atoms with Gasteiger partial charge in [0.2, 0.25) is 5.43 Å². The highest BCUT2D eigenvalue weighted by atomic mass is 35.5. The van der Waals surface area contributed by atoms with E-state index in [-0.39, 0.29) is 11.9 Å². The number of benzene rings is 1. The Morgan fingerprint density at radius 2 is 2.05 bits per heavy atom. The Morgan fingerprint density at radius 3 is 2.57 bits per heavy atom. The summed E-state index contributed by atoms with van der Waals surface area (Å²) in [7, 11) is 0. The van der Waals surface area contributed by atoms with E-state index in [4.69, 9.17) is 16.7 Å². The first-order valence-electron chi connectivity index (χ1n) is 5.92. The number of hydrogen-bond donors (Lipinski definition) is 1. The fourth-order valence-corrected chi connectivity index (χ4v) is 2.56. The number of halogens is 4. The zero-order chi connectivity index (χ0) is 15.5. The van der Waals surface area contributed by atoms with Gasteiger partial charge in [0, 0.05) is 12.6 Å². The molecule has 4 nitrogen and oxygen atoms in total. The molecule has 21 heavy (non-hydrogen) atoms. The number of aromatic nitrogens is 1. The highest BCUT2D eigenvalue weighted by Crippen LogP contribution is 2.42. The summed E-state index contributed by atoms with van der Waals surface area (Å²) in [6, 6.07) is -0.161. The van der Waals surface area contributed by atoms with Gasteiger partial charge in [-0.2, -0.15) is 0 Å². The molecule has 0 unspecified atom stereocenters. The van der Waals surface area contributed by atoms with E-state index in [1.807, 2.05) is 0 Å². The third-order valence-corrected chi connectivity index (χ3v) is 3.77. The van der Waals surface area contributed by atoms with Crippen molar-refractivity contribution in [2.24, 2.45) is 0 Å². The number of fused-ring (bicyclic) bond motifs is 1. The summed E-state index contributed by atoms with van der Waals surface area (Å²) in [4.78, 5) is 23.1. The molecule has 0 radical (unpaired) electrons. The van der Waals surface area contributed by atoms with E-state index in [2.05, 4.69) is 0 Å². The zero-order valence-corrected chi connectivity index (χ0v) is 11.0. The van der Waals surface area contributed by atoms with Crippen LogP contribution < -0.4 is 5.43 Å².